The topological polar surface area (TPSA) is 88.4 Å². The van der Waals surface area contributed by atoms with Gasteiger partial charge in [-0.15, -0.1) is 11.3 Å². The molecule has 0 aliphatic heterocycles. The lowest BCUT2D eigenvalue weighted by Crippen LogP contribution is -2.14. The number of aryl methyl sites for hydroxylation is 1. The molecule has 1 aromatic heterocycles. The van der Waals surface area contributed by atoms with Gasteiger partial charge in [0.2, 0.25) is 0 Å². The predicted octanol–water partition coefficient (Wildman–Crippen LogP) is 3.32. The molecular formula is C17H18N2O4S2. The maximum Gasteiger partial charge on any atom is 0.266 e. The summed E-state index contributed by atoms with van der Waals surface area (Å²) >= 11 is 1.35. The number of hydrogen-bond acceptors (Lipinski definition) is 6. The Labute approximate surface area is 151 Å². The second-order valence-corrected chi connectivity index (χ2v) is 8.41. The number of benzene rings is 1. The molecule has 2 aromatic rings. The first kappa shape index (κ1) is 17.6. The van der Waals surface area contributed by atoms with Crippen molar-refractivity contribution in [3.63, 3.8) is 0 Å². The van der Waals surface area contributed by atoms with Gasteiger partial charge in [0.1, 0.15) is 27.5 Å². The van der Waals surface area contributed by atoms with Gasteiger partial charge < -0.3 is 9.47 Å². The van der Waals surface area contributed by atoms with Gasteiger partial charge in [0.15, 0.2) is 0 Å². The number of methoxy groups -OCH3 is 2. The minimum atomic E-state index is -3.88. The molecule has 1 heterocycles. The first-order valence-electron chi connectivity index (χ1n) is 7.79. The van der Waals surface area contributed by atoms with Crippen molar-refractivity contribution in [2.45, 2.75) is 30.6 Å². The van der Waals surface area contributed by atoms with E-state index in [2.05, 4.69) is 10.8 Å². The number of anilines is 1. The average Bonchev–Trinajstić information content (AvgIpc) is 2.97. The number of rotatable bonds is 5. The van der Waals surface area contributed by atoms with Crippen LogP contribution in [-0.4, -0.2) is 22.6 Å². The first-order chi connectivity index (χ1) is 12.0. The Kier molecular flexibility index (Phi) is 4.88. The smallest absolute Gasteiger partial charge is 0.266 e. The molecule has 25 heavy (non-hydrogen) atoms. The lowest BCUT2D eigenvalue weighted by Gasteiger charge is -2.12. The minimum absolute atomic E-state index is 0.00561. The van der Waals surface area contributed by atoms with Crippen molar-refractivity contribution in [2.75, 3.05) is 18.9 Å². The van der Waals surface area contributed by atoms with E-state index in [0.29, 0.717) is 16.3 Å². The van der Waals surface area contributed by atoms with Crippen LogP contribution in [0, 0.1) is 11.3 Å². The number of nitriles is 1. The third-order valence-electron chi connectivity index (χ3n) is 4.17. The van der Waals surface area contributed by atoms with Crippen molar-refractivity contribution in [1.29, 1.82) is 5.26 Å². The fourth-order valence-electron chi connectivity index (χ4n) is 2.93. The van der Waals surface area contributed by atoms with Gasteiger partial charge in [-0.05, 0) is 43.4 Å². The molecule has 132 valence electrons. The predicted molar refractivity (Wildman–Crippen MR) is 96.0 cm³/mol. The van der Waals surface area contributed by atoms with Crippen LogP contribution >= 0.6 is 11.3 Å². The number of sulfonamides is 1. The van der Waals surface area contributed by atoms with Crippen LogP contribution in [0.15, 0.2) is 23.1 Å². The summed E-state index contributed by atoms with van der Waals surface area (Å²) in [5, 5.41) is 9.86. The summed E-state index contributed by atoms with van der Waals surface area (Å²) < 4.78 is 38.5. The Bertz CT molecular complexity index is 942. The molecule has 0 fully saturated rings. The Hall–Kier alpha value is -2.24. The van der Waals surface area contributed by atoms with Gasteiger partial charge in [-0.25, -0.2) is 8.42 Å². The van der Waals surface area contributed by atoms with E-state index in [1.165, 1.54) is 37.7 Å². The maximum absolute atomic E-state index is 12.8. The molecule has 0 radical (unpaired) electrons. The van der Waals surface area contributed by atoms with Gasteiger partial charge in [0.05, 0.1) is 19.8 Å². The van der Waals surface area contributed by atoms with E-state index in [1.54, 1.807) is 6.07 Å². The number of nitrogens with zero attached hydrogens (tertiary/aromatic N) is 1. The van der Waals surface area contributed by atoms with E-state index < -0.39 is 10.0 Å². The quantitative estimate of drug-likeness (QED) is 0.862. The van der Waals surface area contributed by atoms with Crippen molar-refractivity contribution in [2.24, 2.45) is 0 Å². The Morgan fingerprint density at radius 2 is 1.96 bits per heavy atom. The number of ether oxygens (including phenoxy) is 2. The molecule has 1 N–H and O–H groups in total. The van der Waals surface area contributed by atoms with Crippen LogP contribution in [0.4, 0.5) is 5.00 Å². The number of thiophene rings is 1. The molecule has 0 atom stereocenters. The molecular weight excluding hydrogens is 360 g/mol. The SMILES string of the molecule is COc1ccc(S(=O)(=O)Nc2sc3c(c2C#N)CCCC3)c(OC)c1. The van der Waals surface area contributed by atoms with Crippen LogP contribution in [0.3, 0.4) is 0 Å². The van der Waals surface area contributed by atoms with Gasteiger partial charge in [0, 0.05) is 10.9 Å². The molecule has 1 aromatic carbocycles. The monoisotopic (exact) mass is 378 g/mol. The zero-order valence-corrected chi connectivity index (χ0v) is 15.6. The molecule has 1 aliphatic carbocycles. The van der Waals surface area contributed by atoms with Crippen LogP contribution in [0.1, 0.15) is 28.8 Å². The zero-order valence-electron chi connectivity index (χ0n) is 14.0. The van der Waals surface area contributed by atoms with Crippen molar-refractivity contribution in [3.8, 4) is 17.6 Å². The second-order valence-electron chi connectivity index (χ2n) is 5.65. The zero-order chi connectivity index (χ0) is 18.0. The van der Waals surface area contributed by atoms with Crippen LogP contribution in [0.5, 0.6) is 11.5 Å². The summed E-state index contributed by atoms with van der Waals surface area (Å²) in [5.41, 5.74) is 1.42. The summed E-state index contributed by atoms with van der Waals surface area (Å²) in [6.45, 7) is 0. The summed E-state index contributed by atoms with van der Waals surface area (Å²) in [5.74, 6) is 0.687. The highest BCUT2D eigenvalue weighted by atomic mass is 32.2. The van der Waals surface area contributed by atoms with Crippen LogP contribution in [-0.2, 0) is 22.9 Å². The molecule has 1 aliphatic rings. The van der Waals surface area contributed by atoms with Gasteiger partial charge in [-0.2, -0.15) is 5.26 Å². The van der Waals surface area contributed by atoms with E-state index in [0.717, 1.165) is 36.1 Å². The average molecular weight is 378 g/mol. The van der Waals surface area contributed by atoms with Crippen LogP contribution in [0.2, 0.25) is 0 Å². The molecule has 0 bridgehead atoms. The fraction of sp³-hybridized carbons (Fsp3) is 0.353. The van der Waals surface area contributed by atoms with Crippen molar-refractivity contribution in [1.82, 2.24) is 0 Å². The number of fused-ring (bicyclic) bond motifs is 1. The Morgan fingerprint density at radius 3 is 2.64 bits per heavy atom. The van der Waals surface area contributed by atoms with Crippen LogP contribution < -0.4 is 14.2 Å². The van der Waals surface area contributed by atoms with E-state index in [9.17, 15) is 13.7 Å². The van der Waals surface area contributed by atoms with Crippen molar-refractivity contribution < 1.29 is 17.9 Å². The third kappa shape index (κ3) is 3.30. The van der Waals surface area contributed by atoms with E-state index in [1.807, 2.05) is 0 Å². The molecule has 0 unspecified atom stereocenters. The second kappa shape index (κ2) is 6.94. The Morgan fingerprint density at radius 1 is 1.20 bits per heavy atom. The lowest BCUT2D eigenvalue weighted by molar-refractivity contribution is 0.386. The minimum Gasteiger partial charge on any atom is -0.497 e. The molecule has 6 nitrogen and oxygen atoms in total. The highest BCUT2D eigenvalue weighted by Gasteiger charge is 2.26. The molecule has 3 rings (SSSR count). The van der Waals surface area contributed by atoms with Crippen molar-refractivity contribution >= 4 is 26.4 Å². The first-order valence-corrected chi connectivity index (χ1v) is 10.1. The third-order valence-corrected chi connectivity index (χ3v) is 6.90. The summed E-state index contributed by atoms with van der Waals surface area (Å²) in [4.78, 5) is 1.10. The highest BCUT2D eigenvalue weighted by Crippen LogP contribution is 2.39. The molecule has 0 spiro atoms. The van der Waals surface area contributed by atoms with Gasteiger partial charge >= 0.3 is 0 Å². The Balaban J connectivity index is 2.01. The molecule has 0 saturated heterocycles. The van der Waals surface area contributed by atoms with Crippen molar-refractivity contribution in [3.05, 3.63) is 34.2 Å². The number of hydrogen-bond donors (Lipinski definition) is 1. The van der Waals surface area contributed by atoms with Crippen LogP contribution in [0.25, 0.3) is 0 Å². The van der Waals surface area contributed by atoms with E-state index in [-0.39, 0.29) is 10.6 Å². The summed E-state index contributed by atoms with van der Waals surface area (Å²) in [7, 11) is -0.987. The summed E-state index contributed by atoms with van der Waals surface area (Å²) in [6, 6.07) is 6.66. The summed E-state index contributed by atoms with van der Waals surface area (Å²) in [6.07, 6.45) is 3.80. The van der Waals surface area contributed by atoms with Gasteiger partial charge in [-0.1, -0.05) is 0 Å². The largest absolute Gasteiger partial charge is 0.497 e. The maximum atomic E-state index is 12.8. The van der Waals surface area contributed by atoms with Gasteiger partial charge in [0.25, 0.3) is 10.0 Å². The molecule has 8 heteroatoms. The molecule has 0 saturated carbocycles. The number of nitrogens with one attached hydrogen (secondary N) is 1. The standard InChI is InChI=1S/C17H18N2O4S2/c1-22-11-7-8-16(14(9-11)23-2)25(20,21)19-17-13(10-18)12-5-3-4-6-15(12)24-17/h7-9,19H,3-6H2,1-2H3. The lowest BCUT2D eigenvalue weighted by atomic mass is 9.96. The van der Waals surface area contributed by atoms with E-state index >= 15 is 0 Å². The normalized spacial score (nSPS) is 13.6. The highest BCUT2D eigenvalue weighted by molar-refractivity contribution is 7.93. The van der Waals surface area contributed by atoms with E-state index in [4.69, 9.17) is 9.47 Å². The molecule has 0 amide bonds. The van der Waals surface area contributed by atoms with Gasteiger partial charge in [-0.3, -0.25) is 4.72 Å². The fourth-order valence-corrected chi connectivity index (χ4v) is 5.63.